The van der Waals surface area contributed by atoms with E-state index in [-0.39, 0.29) is 24.0 Å². The summed E-state index contributed by atoms with van der Waals surface area (Å²) in [5.41, 5.74) is 3.16. The van der Waals surface area contributed by atoms with Gasteiger partial charge < -0.3 is 19.7 Å². The minimum absolute atomic E-state index is 0.0700. The first-order valence-electron chi connectivity index (χ1n) is 7.08. The molecule has 5 heteroatoms. The third-order valence-electron chi connectivity index (χ3n) is 4.51. The van der Waals surface area contributed by atoms with Crippen LogP contribution in [0.2, 0.25) is 0 Å². The number of nitrogens with zero attached hydrogens (tertiary/aromatic N) is 1. The van der Waals surface area contributed by atoms with E-state index in [0.29, 0.717) is 5.69 Å². The van der Waals surface area contributed by atoms with Crippen molar-refractivity contribution in [1.29, 1.82) is 0 Å². The van der Waals surface area contributed by atoms with E-state index in [1.165, 1.54) is 4.57 Å². The highest BCUT2D eigenvalue weighted by Crippen LogP contribution is 2.58. The van der Waals surface area contributed by atoms with Crippen LogP contribution in [0, 0.1) is 6.92 Å². The third kappa shape index (κ3) is 1.55. The van der Waals surface area contributed by atoms with Crippen molar-refractivity contribution < 1.29 is 19.7 Å². The molecule has 0 spiro atoms. The molecule has 2 bridgehead atoms. The van der Waals surface area contributed by atoms with Crippen LogP contribution < -0.4 is 4.74 Å². The Balaban J connectivity index is 1.91. The number of aromatic hydroxyl groups is 2. The number of fused-ring (bicyclic) bond motifs is 5. The number of aromatic nitrogens is 1. The van der Waals surface area contributed by atoms with Crippen molar-refractivity contribution in [3.63, 3.8) is 0 Å². The van der Waals surface area contributed by atoms with Gasteiger partial charge in [0.05, 0.1) is 36.1 Å². The minimum atomic E-state index is -0.0931. The molecule has 1 aromatic heterocycles. The smallest absolute Gasteiger partial charge is 0.205 e. The van der Waals surface area contributed by atoms with Crippen LogP contribution in [0.4, 0.5) is 0 Å². The fourth-order valence-electron chi connectivity index (χ4n) is 3.47. The van der Waals surface area contributed by atoms with Crippen LogP contribution in [0.3, 0.4) is 0 Å². The van der Waals surface area contributed by atoms with Gasteiger partial charge in [0.25, 0.3) is 0 Å². The van der Waals surface area contributed by atoms with Gasteiger partial charge in [0.2, 0.25) is 11.8 Å². The van der Waals surface area contributed by atoms with E-state index in [1.807, 2.05) is 25.1 Å². The Hall–Kier alpha value is -2.14. The summed E-state index contributed by atoms with van der Waals surface area (Å²) in [4.78, 5) is 0. The fourth-order valence-corrected chi connectivity index (χ4v) is 3.47. The van der Waals surface area contributed by atoms with Crippen LogP contribution in [0.5, 0.6) is 17.5 Å². The van der Waals surface area contributed by atoms with E-state index in [9.17, 15) is 10.2 Å². The zero-order chi connectivity index (χ0) is 14.7. The molecule has 2 N–H and O–H groups in total. The van der Waals surface area contributed by atoms with Crippen molar-refractivity contribution in [2.75, 3.05) is 7.11 Å². The Morgan fingerprint density at radius 3 is 2.33 bits per heavy atom. The molecule has 2 atom stereocenters. The second-order valence-electron chi connectivity index (χ2n) is 5.65. The van der Waals surface area contributed by atoms with E-state index in [0.717, 1.165) is 35.3 Å². The predicted octanol–water partition coefficient (Wildman–Crippen LogP) is 3.11. The zero-order valence-corrected chi connectivity index (χ0v) is 12.0. The Morgan fingerprint density at radius 1 is 1.14 bits per heavy atom. The van der Waals surface area contributed by atoms with E-state index in [1.54, 1.807) is 7.11 Å². The van der Waals surface area contributed by atoms with Gasteiger partial charge in [-0.25, -0.2) is 0 Å². The van der Waals surface area contributed by atoms with Crippen LogP contribution in [0.1, 0.15) is 41.7 Å². The van der Waals surface area contributed by atoms with Gasteiger partial charge in [0, 0.05) is 6.07 Å². The summed E-state index contributed by atoms with van der Waals surface area (Å²) >= 11 is 0. The molecule has 3 heterocycles. The molecule has 1 fully saturated rings. The maximum atomic E-state index is 10.5. The van der Waals surface area contributed by atoms with Crippen LogP contribution >= 0.6 is 0 Å². The number of methoxy groups -OCH3 is 1. The lowest BCUT2D eigenvalue weighted by Crippen LogP contribution is -1.97. The van der Waals surface area contributed by atoms with Crippen molar-refractivity contribution in [3.8, 4) is 23.2 Å². The van der Waals surface area contributed by atoms with Crippen LogP contribution in [-0.4, -0.2) is 21.9 Å². The quantitative estimate of drug-likeness (QED) is 0.890. The highest BCUT2D eigenvalue weighted by Gasteiger charge is 2.45. The van der Waals surface area contributed by atoms with Gasteiger partial charge in [0.1, 0.15) is 5.75 Å². The van der Waals surface area contributed by atoms with Gasteiger partial charge in [-0.05, 0) is 31.4 Å². The number of ether oxygens (including phenoxy) is 2. The van der Waals surface area contributed by atoms with E-state index in [2.05, 4.69) is 0 Å². The summed E-state index contributed by atoms with van der Waals surface area (Å²) in [6.07, 6.45) is 1.60. The molecule has 2 aliphatic rings. The first kappa shape index (κ1) is 12.6. The molecule has 4 rings (SSSR count). The van der Waals surface area contributed by atoms with Crippen molar-refractivity contribution in [2.24, 2.45) is 0 Å². The molecule has 5 nitrogen and oxygen atoms in total. The molecule has 0 saturated carbocycles. The third-order valence-corrected chi connectivity index (χ3v) is 4.51. The summed E-state index contributed by atoms with van der Waals surface area (Å²) in [5.74, 6) is 0.862. The van der Waals surface area contributed by atoms with Gasteiger partial charge in [-0.15, -0.1) is 0 Å². The van der Waals surface area contributed by atoms with Crippen molar-refractivity contribution >= 4 is 0 Å². The summed E-state index contributed by atoms with van der Waals surface area (Å²) < 4.78 is 12.5. The van der Waals surface area contributed by atoms with Crippen molar-refractivity contribution in [2.45, 2.75) is 32.0 Å². The monoisotopic (exact) mass is 287 g/mol. The highest BCUT2D eigenvalue weighted by molar-refractivity contribution is 5.58. The van der Waals surface area contributed by atoms with Gasteiger partial charge in [-0.2, -0.15) is 0 Å². The lowest BCUT2D eigenvalue weighted by molar-refractivity contribution is 0.0683. The minimum Gasteiger partial charge on any atom is -0.496 e. The number of hydrogen-bond acceptors (Lipinski definition) is 4. The largest absolute Gasteiger partial charge is 0.496 e. The van der Waals surface area contributed by atoms with E-state index >= 15 is 0 Å². The number of benzene rings is 1. The molecule has 2 aliphatic heterocycles. The molecular formula is C16H17NO4. The van der Waals surface area contributed by atoms with Crippen LogP contribution in [0.15, 0.2) is 18.2 Å². The molecule has 1 saturated heterocycles. The lowest BCUT2D eigenvalue weighted by Gasteiger charge is -2.12. The Kier molecular flexibility index (Phi) is 2.50. The van der Waals surface area contributed by atoms with E-state index in [4.69, 9.17) is 9.47 Å². The predicted molar refractivity (Wildman–Crippen MR) is 76.2 cm³/mol. The second-order valence-corrected chi connectivity index (χ2v) is 5.65. The Labute approximate surface area is 122 Å². The first-order chi connectivity index (χ1) is 10.1. The molecule has 0 radical (unpaired) electrons. The molecule has 0 aliphatic carbocycles. The standard InChI is InChI=1S/C16H17NO4/c1-8-3-4-9(7-12(8)20-2)17-15(18)13-10-5-6-11(21-10)14(13)16(17)19/h3-4,7,10-11,18-19H,5-6H2,1-2H3/t10-,11+. The maximum absolute atomic E-state index is 10.5. The maximum Gasteiger partial charge on any atom is 0.205 e. The van der Waals surface area contributed by atoms with Crippen molar-refractivity contribution in [3.05, 3.63) is 34.9 Å². The summed E-state index contributed by atoms with van der Waals surface area (Å²) in [7, 11) is 1.61. The second kappa shape index (κ2) is 4.18. The topological polar surface area (TPSA) is 63.9 Å². The molecular weight excluding hydrogens is 270 g/mol. The molecule has 0 unspecified atom stereocenters. The summed E-state index contributed by atoms with van der Waals surface area (Å²) in [6, 6.07) is 5.57. The van der Waals surface area contributed by atoms with Gasteiger partial charge in [-0.1, -0.05) is 6.07 Å². The van der Waals surface area contributed by atoms with Crippen LogP contribution in [0.25, 0.3) is 5.69 Å². The Morgan fingerprint density at radius 2 is 1.76 bits per heavy atom. The van der Waals surface area contributed by atoms with Gasteiger partial charge in [-0.3, -0.25) is 4.57 Å². The average molecular weight is 287 g/mol. The molecule has 2 aromatic rings. The van der Waals surface area contributed by atoms with Gasteiger partial charge in [0.15, 0.2) is 0 Å². The summed E-state index contributed by atoms with van der Waals surface area (Å²) in [5, 5.41) is 21.0. The highest BCUT2D eigenvalue weighted by atomic mass is 16.5. The SMILES string of the molecule is COc1cc(-n2c(O)c3c(c2O)[C@H]2CC[C@@H]3O2)ccc1C. The normalized spacial score (nSPS) is 22.6. The average Bonchev–Trinajstić information content (AvgIpc) is 3.14. The molecule has 110 valence electrons. The summed E-state index contributed by atoms with van der Waals surface area (Å²) in [6.45, 7) is 1.95. The van der Waals surface area contributed by atoms with Crippen molar-refractivity contribution in [1.82, 2.24) is 4.57 Å². The first-order valence-corrected chi connectivity index (χ1v) is 7.08. The molecule has 0 amide bonds. The number of hydrogen-bond donors (Lipinski definition) is 2. The van der Waals surface area contributed by atoms with Gasteiger partial charge >= 0.3 is 0 Å². The molecule has 1 aromatic carbocycles. The molecule has 21 heavy (non-hydrogen) atoms. The zero-order valence-electron chi connectivity index (χ0n) is 12.0. The lowest BCUT2D eigenvalue weighted by atomic mass is 9.95. The van der Waals surface area contributed by atoms with E-state index < -0.39 is 0 Å². The van der Waals surface area contributed by atoms with Crippen LogP contribution in [-0.2, 0) is 4.74 Å². The fraction of sp³-hybridized carbons (Fsp3) is 0.375. The number of aryl methyl sites for hydroxylation is 1. The Bertz CT molecular complexity index is 701. The number of rotatable bonds is 2.